The van der Waals surface area contributed by atoms with E-state index in [1.807, 2.05) is 0 Å². The van der Waals surface area contributed by atoms with Crippen LogP contribution in [0.15, 0.2) is 133 Å². The van der Waals surface area contributed by atoms with Crippen molar-refractivity contribution in [1.82, 2.24) is 0 Å². The van der Waals surface area contributed by atoms with Crippen molar-refractivity contribution < 1.29 is 0 Å². The fraction of sp³-hybridized carbons (Fsp3) is 0.382. The predicted octanol–water partition coefficient (Wildman–Crippen LogP) is 15.4. The van der Waals surface area contributed by atoms with E-state index in [4.69, 9.17) is 0 Å². The Morgan fingerprint density at radius 2 is 1.09 bits per heavy atom. The van der Waals surface area contributed by atoms with Crippen LogP contribution in [0.1, 0.15) is 142 Å². The zero-order chi connectivity index (χ0) is 40.6. The van der Waals surface area contributed by atoms with E-state index in [-0.39, 0.29) is 32.5 Å². The van der Waals surface area contributed by atoms with Crippen molar-refractivity contribution in [2.45, 2.75) is 130 Å². The van der Waals surface area contributed by atoms with Crippen LogP contribution in [0.5, 0.6) is 0 Å². The van der Waals surface area contributed by atoms with E-state index < -0.39 is 0 Å². The Morgan fingerprint density at radius 1 is 0.500 bits per heavy atom. The number of fused-ring (bicyclic) bond motifs is 3. The summed E-state index contributed by atoms with van der Waals surface area (Å²) in [5.41, 5.74) is 16.8. The lowest BCUT2D eigenvalue weighted by molar-refractivity contribution is 0.238. The third-order valence-electron chi connectivity index (χ3n) is 12.9. The van der Waals surface area contributed by atoms with Gasteiger partial charge in [-0.15, -0.1) is 0 Å². The first-order chi connectivity index (χ1) is 26.0. The molecule has 0 saturated heterocycles. The SMILES string of the molecule is CC(C)(C)c1cc(C2=CC(N(c3ccccc3)c3ccc4c(c3)C(C)(C)c3ccccc3-4)=CC(c3cccc(C(C)(C)C)c3)(C(C)(C)C)C2)cc(C(C)(C)C)c1. The predicted molar refractivity (Wildman–Crippen MR) is 243 cm³/mol. The molecule has 0 fully saturated rings. The van der Waals surface area contributed by atoms with E-state index in [9.17, 15) is 0 Å². The molecule has 0 saturated carbocycles. The first kappa shape index (κ1) is 39.6. The molecule has 1 unspecified atom stereocenters. The number of nitrogens with zero attached hydrogens (tertiary/aromatic N) is 1. The molecule has 0 heterocycles. The first-order valence-corrected chi connectivity index (χ1v) is 20.8. The van der Waals surface area contributed by atoms with Crippen LogP contribution in [0.25, 0.3) is 16.7 Å². The summed E-state index contributed by atoms with van der Waals surface area (Å²) >= 11 is 0. The number of anilines is 2. The van der Waals surface area contributed by atoms with Crippen molar-refractivity contribution >= 4 is 16.9 Å². The average Bonchev–Trinajstić information content (AvgIpc) is 3.36. The second kappa shape index (κ2) is 13.5. The Balaban J connectivity index is 1.55. The Hall–Kier alpha value is -4.62. The van der Waals surface area contributed by atoms with Crippen LogP contribution in [0.3, 0.4) is 0 Å². The molecule has 5 aromatic carbocycles. The first-order valence-electron chi connectivity index (χ1n) is 20.8. The smallest absolute Gasteiger partial charge is 0.0464 e. The largest absolute Gasteiger partial charge is 0.311 e. The highest BCUT2D eigenvalue weighted by Crippen LogP contribution is 2.55. The van der Waals surface area contributed by atoms with Crippen LogP contribution < -0.4 is 4.90 Å². The van der Waals surface area contributed by atoms with Crippen molar-refractivity contribution in [2.24, 2.45) is 5.41 Å². The third kappa shape index (κ3) is 7.01. The van der Waals surface area contributed by atoms with Gasteiger partial charge < -0.3 is 4.90 Å². The number of benzene rings is 5. The summed E-state index contributed by atoms with van der Waals surface area (Å²) < 4.78 is 0. The quantitative estimate of drug-likeness (QED) is 0.173. The lowest BCUT2D eigenvalue weighted by Gasteiger charge is -2.48. The van der Waals surface area contributed by atoms with Crippen molar-refractivity contribution in [3.8, 4) is 11.1 Å². The van der Waals surface area contributed by atoms with Crippen LogP contribution in [0.4, 0.5) is 11.4 Å². The molecule has 56 heavy (non-hydrogen) atoms. The molecule has 0 aliphatic heterocycles. The summed E-state index contributed by atoms with van der Waals surface area (Å²) in [6.45, 7) is 33.2. The Morgan fingerprint density at radius 3 is 1.70 bits per heavy atom. The molecule has 2 aliphatic rings. The van der Waals surface area contributed by atoms with Crippen LogP contribution in [0.2, 0.25) is 0 Å². The van der Waals surface area contributed by atoms with Gasteiger partial charge in [-0.1, -0.05) is 188 Å². The lowest BCUT2D eigenvalue weighted by atomic mass is 9.57. The summed E-state index contributed by atoms with van der Waals surface area (Å²) in [4.78, 5) is 2.53. The standard InChI is InChI=1S/C55H65N/c1-50(2,3)39-21-20-22-40(32-39)55(53(10,11)12)35-38(37-29-41(51(4,5)6)33-42(30-37)52(7,8)9)31-45(36-55)56(43-23-16-15-17-24-43)44-27-28-47-46-25-18-19-26-48(46)54(13,14)49(47)34-44/h15-34,36H,35H2,1-14H3. The molecule has 2 aliphatic carbocycles. The summed E-state index contributed by atoms with van der Waals surface area (Å²) in [6.07, 6.45) is 6.06. The van der Waals surface area contributed by atoms with Crippen LogP contribution in [-0.4, -0.2) is 0 Å². The molecule has 0 aromatic heterocycles. The zero-order valence-corrected chi connectivity index (χ0v) is 36.8. The number of hydrogen-bond donors (Lipinski definition) is 0. The third-order valence-corrected chi connectivity index (χ3v) is 12.9. The topological polar surface area (TPSA) is 3.24 Å². The Labute approximate surface area is 339 Å². The fourth-order valence-corrected chi connectivity index (χ4v) is 9.09. The van der Waals surface area contributed by atoms with E-state index in [0.717, 1.165) is 12.1 Å². The second-order valence-corrected chi connectivity index (χ2v) is 21.3. The van der Waals surface area contributed by atoms with Gasteiger partial charge in [0.25, 0.3) is 0 Å². The molecular formula is C55H65N. The van der Waals surface area contributed by atoms with Gasteiger partial charge in [0.1, 0.15) is 0 Å². The summed E-state index contributed by atoms with van der Waals surface area (Å²) in [5.74, 6) is 0. The van der Waals surface area contributed by atoms with Crippen molar-refractivity contribution in [2.75, 3.05) is 4.90 Å². The van der Waals surface area contributed by atoms with E-state index in [2.05, 4.69) is 229 Å². The zero-order valence-electron chi connectivity index (χ0n) is 36.8. The van der Waals surface area contributed by atoms with Gasteiger partial charge >= 0.3 is 0 Å². The molecule has 0 spiro atoms. The minimum Gasteiger partial charge on any atom is -0.311 e. The maximum Gasteiger partial charge on any atom is 0.0464 e. The summed E-state index contributed by atoms with van der Waals surface area (Å²) in [5, 5.41) is 0. The van der Waals surface area contributed by atoms with E-state index >= 15 is 0 Å². The molecule has 290 valence electrons. The van der Waals surface area contributed by atoms with Gasteiger partial charge in [-0.25, -0.2) is 0 Å². The summed E-state index contributed by atoms with van der Waals surface area (Å²) in [7, 11) is 0. The Kier molecular flexibility index (Phi) is 9.55. The lowest BCUT2D eigenvalue weighted by Crippen LogP contribution is -2.41. The van der Waals surface area contributed by atoms with Gasteiger partial charge in [0.05, 0.1) is 0 Å². The number of allylic oxidation sites excluding steroid dienone is 3. The second-order valence-electron chi connectivity index (χ2n) is 21.3. The fourth-order valence-electron chi connectivity index (χ4n) is 9.09. The minimum atomic E-state index is -0.313. The molecule has 0 bridgehead atoms. The van der Waals surface area contributed by atoms with E-state index in [1.54, 1.807) is 0 Å². The molecular weight excluding hydrogens is 675 g/mol. The number of para-hydroxylation sites is 1. The monoisotopic (exact) mass is 740 g/mol. The maximum absolute atomic E-state index is 2.64. The normalized spacial score (nSPS) is 18.2. The number of rotatable bonds is 5. The molecule has 1 heteroatoms. The van der Waals surface area contributed by atoms with E-state index in [1.165, 1.54) is 67.0 Å². The molecule has 0 amide bonds. The maximum atomic E-state index is 2.64. The highest BCUT2D eigenvalue weighted by atomic mass is 15.1. The van der Waals surface area contributed by atoms with Crippen molar-refractivity contribution in [3.05, 3.63) is 172 Å². The van der Waals surface area contributed by atoms with Gasteiger partial charge in [0.2, 0.25) is 0 Å². The van der Waals surface area contributed by atoms with Gasteiger partial charge in [-0.3, -0.25) is 0 Å². The minimum absolute atomic E-state index is 0.0108. The van der Waals surface area contributed by atoms with Crippen LogP contribution in [0, 0.1) is 5.41 Å². The molecule has 1 nitrogen and oxygen atoms in total. The van der Waals surface area contributed by atoms with Crippen LogP contribution in [-0.2, 0) is 27.1 Å². The summed E-state index contributed by atoms with van der Waals surface area (Å²) in [6, 6.07) is 44.1. The highest BCUT2D eigenvalue weighted by molar-refractivity contribution is 5.85. The molecule has 0 radical (unpaired) electrons. The molecule has 5 aromatic rings. The van der Waals surface area contributed by atoms with Gasteiger partial charge in [-0.2, -0.15) is 0 Å². The van der Waals surface area contributed by atoms with Gasteiger partial charge in [0.15, 0.2) is 0 Å². The highest BCUT2D eigenvalue weighted by Gasteiger charge is 2.46. The molecule has 1 atom stereocenters. The Bertz CT molecular complexity index is 2300. The average molecular weight is 740 g/mol. The van der Waals surface area contributed by atoms with E-state index in [0.29, 0.717) is 0 Å². The van der Waals surface area contributed by atoms with Crippen LogP contribution >= 0.6 is 0 Å². The molecule has 0 N–H and O–H groups in total. The molecule has 7 rings (SSSR count). The van der Waals surface area contributed by atoms with Gasteiger partial charge in [0, 0.05) is 27.9 Å². The van der Waals surface area contributed by atoms with Crippen molar-refractivity contribution in [3.63, 3.8) is 0 Å². The number of hydrogen-bond acceptors (Lipinski definition) is 1. The van der Waals surface area contributed by atoms with Crippen molar-refractivity contribution in [1.29, 1.82) is 0 Å². The van der Waals surface area contributed by atoms with Gasteiger partial charge in [-0.05, 0) is 120 Å².